The fourth-order valence-corrected chi connectivity index (χ4v) is 5.55. The predicted octanol–water partition coefficient (Wildman–Crippen LogP) is 6.67. The Morgan fingerprint density at radius 1 is 0.867 bits per heavy atom. The molecule has 0 radical (unpaired) electrons. The Bertz CT molecular complexity index is 1330. The Morgan fingerprint density at radius 2 is 1.51 bits per heavy atom. The number of halogens is 8. The van der Waals surface area contributed by atoms with E-state index in [0.717, 1.165) is 29.7 Å². The van der Waals surface area contributed by atoms with E-state index in [1.165, 1.54) is 4.90 Å². The summed E-state index contributed by atoms with van der Waals surface area (Å²) in [4.78, 5) is 19.4. The molecule has 45 heavy (non-hydrogen) atoms. The van der Waals surface area contributed by atoms with Gasteiger partial charge in [0.05, 0.1) is 37.4 Å². The van der Waals surface area contributed by atoms with Crippen molar-refractivity contribution in [2.24, 2.45) is 0 Å². The van der Waals surface area contributed by atoms with Crippen LogP contribution in [0, 0.1) is 25.7 Å². The summed E-state index contributed by atoms with van der Waals surface area (Å²) < 4.78 is 86.6. The van der Waals surface area contributed by atoms with Crippen LogP contribution in [0.15, 0.2) is 36.4 Å². The number of carbonyl (C=O) groups excluding carboxylic acids is 1. The number of alkyl halides is 6. The number of piperazine rings is 1. The van der Waals surface area contributed by atoms with Crippen LogP contribution in [0.2, 0.25) is 0 Å². The minimum Gasteiger partial charge on any atom is -0.378 e. The maximum absolute atomic E-state index is 13.6. The van der Waals surface area contributed by atoms with Crippen LogP contribution in [0.5, 0.6) is 0 Å². The normalized spacial score (nSPS) is 19.6. The molecule has 13 heteroatoms. The van der Waals surface area contributed by atoms with Crippen molar-refractivity contribution in [1.29, 1.82) is 0 Å². The van der Waals surface area contributed by atoms with Crippen molar-refractivity contribution in [1.82, 2.24) is 14.7 Å². The number of hydrogen-bond acceptors (Lipinski definition) is 4. The van der Waals surface area contributed by atoms with Crippen LogP contribution in [0.4, 0.5) is 26.3 Å². The third-order valence-corrected chi connectivity index (χ3v) is 8.24. The zero-order valence-corrected chi connectivity index (χ0v) is 27.1. The van der Waals surface area contributed by atoms with Gasteiger partial charge < -0.3 is 9.64 Å². The number of hydrogen-bond donors (Lipinski definition) is 0. The first-order chi connectivity index (χ1) is 20.3. The van der Waals surface area contributed by atoms with Gasteiger partial charge >= 0.3 is 12.4 Å². The fraction of sp³-hybridized carbons (Fsp3) is 0.531. The zero-order chi connectivity index (χ0) is 31.4. The van der Waals surface area contributed by atoms with Gasteiger partial charge in [-0.05, 0) is 61.6 Å². The standard InChI is InChI=1S/C32H37F6N3O2.2ClH/c1-4-28-21-43-14-13-40(28)10-6-5-9-39-11-12-41(29(20-39)16-24-8-7-22(2)23(3)15-24)30(42)25-17-26(31(33,34)35)19-27(18-25)32(36,37)38;;/h7-8,15,17-19,28-29H,4,9-14,16,20-21H2,1-3H3;2*1H/t28-,29+;;/m0../s1. The van der Waals surface area contributed by atoms with E-state index in [9.17, 15) is 31.1 Å². The molecule has 2 atom stereocenters. The highest BCUT2D eigenvalue weighted by atomic mass is 35.5. The van der Waals surface area contributed by atoms with Crippen molar-refractivity contribution in [2.45, 2.75) is 58.0 Å². The summed E-state index contributed by atoms with van der Waals surface area (Å²) in [5, 5.41) is 0. The Morgan fingerprint density at radius 3 is 2.11 bits per heavy atom. The first-order valence-corrected chi connectivity index (χ1v) is 14.4. The summed E-state index contributed by atoms with van der Waals surface area (Å²) in [7, 11) is 0. The molecule has 5 nitrogen and oxygen atoms in total. The van der Waals surface area contributed by atoms with Gasteiger partial charge in [0, 0.05) is 43.8 Å². The van der Waals surface area contributed by atoms with E-state index in [1.54, 1.807) is 0 Å². The Kier molecular flexibility index (Phi) is 14.1. The van der Waals surface area contributed by atoms with Gasteiger partial charge in [0.1, 0.15) is 0 Å². The molecule has 2 aliphatic rings. The summed E-state index contributed by atoms with van der Waals surface area (Å²) in [6.07, 6.45) is -8.71. The minimum absolute atomic E-state index is 0. The summed E-state index contributed by atoms with van der Waals surface area (Å²) in [5.41, 5.74) is -0.568. The second kappa shape index (κ2) is 16.4. The molecule has 0 unspecified atom stereocenters. The number of morpholine rings is 1. The van der Waals surface area contributed by atoms with Crippen LogP contribution in [-0.4, -0.2) is 85.2 Å². The molecule has 0 aliphatic carbocycles. The Balaban J connectivity index is 0.00000353. The highest BCUT2D eigenvalue weighted by Crippen LogP contribution is 2.37. The number of aryl methyl sites for hydroxylation is 2. The molecule has 0 bridgehead atoms. The number of amides is 1. The van der Waals surface area contributed by atoms with Gasteiger partial charge in [0.25, 0.3) is 5.91 Å². The van der Waals surface area contributed by atoms with Crippen LogP contribution in [0.1, 0.15) is 51.5 Å². The molecule has 4 rings (SSSR count). The van der Waals surface area contributed by atoms with Gasteiger partial charge in [0.2, 0.25) is 0 Å². The third kappa shape index (κ3) is 10.2. The van der Waals surface area contributed by atoms with Crippen molar-refractivity contribution in [3.63, 3.8) is 0 Å². The third-order valence-electron chi connectivity index (χ3n) is 8.24. The van der Waals surface area contributed by atoms with Crippen molar-refractivity contribution in [3.8, 4) is 11.8 Å². The summed E-state index contributed by atoms with van der Waals surface area (Å²) in [5.74, 6) is 5.59. The second-order valence-electron chi connectivity index (χ2n) is 11.3. The van der Waals surface area contributed by atoms with Crippen LogP contribution >= 0.6 is 24.8 Å². The van der Waals surface area contributed by atoms with E-state index < -0.39 is 41.0 Å². The van der Waals surface area contributed by atoms with Gasteiger partial charge in [-0.15, -0.1) is 24.8 Å². The Labute approximate surface area is 273 Å². The summed E-state index contributed by atoms with van der Waals surface area (Å²) in [6, 6.07) is 6.80. The summed E-state index contributed by atoms with van der Waals surface area (Å²) >= 11 is 0. The van der Waals surface area contributed by atoms with Gasteiger partial charge in [0.15, 0.2) is 0 Å². The van der Waals surface area contributed by atoms with E-state index in [2.05, 4.69) is 28.6 Å². The van der Waals surface area contributed by atoms with E-state index in [-0.39, 0.29) is 37.4 Å². The lowest BCUT2D eigenvalue weighted by Crippen LogP contribution is -2.56. The molecule has 0 N–H and O–H groups in total. The first-order valence-electron chi connectivity index (χ1n) is 14.4. The monoisotopic (exact) mass is 681 g/mol. The maximum Gasteiger partial charge on any atom is 0.416 e. The molecule has 2 fully saturated rings. The molecular formula is C32H39Cl2F6N3O2. The first kappa shape index (κ1) is 38.7. The second-order valence-corrected chi connectivity index (χ2v) is 11.3. The number of rotatable bonds is 6. The topological polar surface area (TPSA) is 36.0 Å². The van der Waals surface area contributed by atoms with Crippen molar-refractivity contribution < 1.29 is 35.9 Å². The van der Waals surface area contributed by atoms with E-state index in [4.69, 9.17) is 4.74 Å². The molecule has 250 valence electrons. The van der Waals surface area contributed by atoms with Crippen molar-refractivity contribution in [3.05, 3.63) is 69.8 Å². The zero-order valence-electron chi connectivity index (χ0n) is 25.4. The number of nitrogens with zero attached hydrogens (tertiary/aromatic N) is 3. The van der Waals surface area contributed by atoms with Crippen LogP contribution < -0.4 is 0 Å². The van der Waals surface area contributed by atoms with Gasteiger partial charge in [-0.25, -0.2) is 0 Å². The van der Waals surface area contributed by atoms with Crippen LogP contribution in [-0.2, 0) is 23.5 Å². The van der Waals surface area contributed by atoms with Crippen LogP contribution in [0.3, 0.4) is 0 Å². The van der Waals surface area contributed by atoms with E-state index >= 15 is 0 Å². The van der Waals surface area contributed by atoms with Crippen molar-refractivity contribution in [2.75, 3.05) is 52.5 Å². The van der Waals surface area contributed by atoms with Crippen LogP contribution in [0.25, 0.3) is 0 Å². The molecule has 1 amide bonds. The lowest BCUT2D eigenvalue weighted by Gasteiger charge is -2.41. The van der Waals surface area contributed by atoms with Gasteiger partial charge in [-0.1, -0.05) is 37.0 Å². The molecule has 2 aliphatic heterocycles. The van der Waals surface area contributed by atoms with Gasteiger partial charge in [-0.3, -0.25) is 14.6 Å². The average molecular weight is 683 g/mol. The number of benzene rings is 2. The molecule has 2 aromatic carbocycles. The molecule has 0 aromatic heterocycles. The molecule has 0 spiro atoms. The molecule has 2 saturated heterocycles. The van der Waals surface area contributed by atoms with Crippen molar-refractivity contribution >= 4 is 30.7 Å². The Hall–Kier alpha value is -2.49. The van der Waals surface area contributed by atoms with E-state index in [1.807, 2.05) is 32.0 Å². The number of ether oxygens (including phenoxy) is 1. The molecule has 2 aromatic rings. The maximum atomic E-state index is 13.6. The smallest absolute Gasteiger partial charge is 0.378 e. The largest absolute Gasteiger partial charge is 0.416 e. The lowest BCUT2D eigenvalue weighted by molar-refractivity contribution is -0.143. The quantitative estimate of drug-likeness (QED) is 0.252. The minimum atomic E-state index is -5.04. The average Bonchev–Trinajstić information content (AvgIpc) is 2.96. The van der Waals surface area contributed by atoms with E-state index in [0.29, 0.717) is 64.0 Å². The molecule has 2 heterocycles. The summed E-state index contributed by atoms with van der Waals surface area (Å²) in [6.45, 7) is 10.2. The highest BCUT2D eigenvalue weighted by molar-refractivity contribution is 5.95. The fourth-order valence-electron chi connectivity index (χ4n) is 5.55. The molecular weight excluding hydrogens is 643 g/mol. The highest BCUT2D eigenvalue weighted by Gasteiger charge is 2.39. The lowest BCUT2D eigenvalue weighted by atomic mass is 9.97. The molecule has 0 saturated carbocycles. The SMILES string of the molecule is CC[C@H]1COCCN1CC#CCN1CCN(C(=O)c2cc(C(F)(F)F)cc(C(F)(F)F)c2)[C@H](Cc2ccc(C)c(C)c2)C1.Cl.Cl. The van der Waals surface area contributed by atoms with Gasteiger partial charge in [-0.2, -0.15) is 26.3 Å². The number of carbonyl (C=O) groups is 1. The predicted molar refractivity (Wildman–Crippen MR) is 166 cm³/mol.